The third-order valence-corrected chi connectivity index (χ3v) is 10.4. The van der Waals surface area contributed by atoms with Gasteiger partial charge in [0.1, 0.15) is 23.0 Å². The van der Waals surface area contributed by atoms with Gasteiger partial charge >= 0.3 is 0 Å². The van der Waals surface area contributed by atoms with Crippen molar-refractivity contribution >= 4 is 23.8 Å². The lowest BCUT2D eigenvalue weighted by molar-refractivity contribution is 0.302. The summed E-state index contributed by atoms with van der Waals surface area (Å²) in [5.74, 6) is 1.58. The molecule has 0 radical (unpaired) electrons. The number of hydrogen-bond donors (Lipinski definition) is 2. The molecular weight excluding hydrogens is 681 g/mol. The molecule has 0 aliphatic rings. The minimum Gasteiger partial charge on any atom is -0.507 e. The Kier molecular flexibility index (Phi) is 24.4. The second-order valence-electron chi connectivity index (χ2n) is 15.4. The molecule has 6 nitrogen and oxygen atoms in total. The monoisotopic (exact) mass is 755 g/mol. The first-order valence-corrected chi connectivity index (χ1v) is 22.1. The average molecular weight is 755 g/mol. The number of nitrogens with zero attached hydrogens (tertiary/aromatic N) is 2. The molecule has 0 heterocycles. The van der Waals surface area contributed by atoms with Crippen molar-refractivity contribution in [2.45, 2.75) is 175 Å². The summed E-state index contributed by atoms with van der Waals surface area (Å²) in [6.45, 7) is 7.86. The van der Waals surface area contributed by atoms with Gasteiger partial charge < -0.3 is 19.7 Å². The fourth-order valence-electron chi connectivity index (χ4n) is 6.84. The van der Waals surface area contributed by atoms with E-state index >= 15 is 0 Å². The average Bonchev–Trinajstić information content (AvgIpc) is 3.18. The Bertz CT molecular complexity index is 1500. The maximum absolute atomic E-state index is 10.7. The minimum absolute atomic E-state index is 0.124. The van der Waals surface area contributed by atoms with Crippen molar-refractivity contribution < 1.29 is 19.7 Å². The molecule has 6 heteroatoms. The summed E-state index contributed by atoms with van der Waals surface area (Å²) >= 11 is 0. The van der Waals surface area contributed by atoms with E-state index in [1.165, 1.54) is 141 Å². The maximum atomic E-state index is 10.7. The SMILES string of the molecule is CCCCCCCCCCCCCCOc1ccc(C=Nc2ccc(C)cc2N=Cc2ccc(OCCCCCCCCCCCCCC)cc2O)c(O)c1. The van der Waals surface area contributed by atoms with Crippen LogP contribution in [-0.2, 0) is 0 Å². The molecule has 0 unspecified atom stereocenters. The van der Waals surface area contributed by atoms with Crippen LogP contribution in [0, 0.1) is 6.92 Å². The van der Waals surface area contributed by atoms with Crippen LogP contribution in [0.2, 0.25) is 0 Å². The second-order valence-corrected chi connectivity index (χ2v) is 15.4. The van der Waals surface area contributed by atoms with Gasteiger partial charge in [-0.25, -0.2) is 0 Å². The minimum atomic E-state index is 0.124. The molecule has 0 aliphatic carbocycles. The van der Waals surface area contributed by atoms with Crippen LogP contribution in [0.15, 0.2) is 64.6 Å². The van der Waals surface area contributed by atoms with E-state index in [-0.39, 0.29) is 11.5 Å². The van der Waals surface area contributed by atoms with Gasteiger partial charge in [-0.05, 0) is 61.7 Å². The van der Waals surface area contributed by atoms with Gasteiger partial charge in [0, 0.05) is 35.7 Å². The molecule has 3 rings (SSSR count). The van der Waals surface area contributed by atoms with E-state index in [1.54, 1.807) is 24.6 Å². The first-order chi connectivity index (χ1) is 27.0. The second kappa shape index (κ2) is 29.5. The van der Waals surface area contributed by atoms with Crippen molar-refractivity contribution in [3.8, 4) is 23.0 Å². The summed E-state index contributed by atoms with van der Waals surface area (Å²) in [6, 6.07) is 16.6. The predicted octanol–water partition coefficient (Wildman–Crippen LogP) is 15.1. The molecule has 3 aromatic rings. The third-order valence-electron chi connectivity index (χ3n) is 10.4. The molecule has 0 aliphatic heterocycles. The van der Waals surface area contributed by atoms with Crippen LogP contribution in [0.4, 0.5) is 11.4 Å². The molecule has 0 aromatic heterocycles. The fraction of sp³-hybridized carbons (Fsp3) is 0.592. The molecule has 0 fully saturated rings. The van der Waals surface area contributed by atoms with Crippen molar-refractivity contribution in [3.05, 3.63) is 71.3 Å². The molecule has 2 N–H and O–H groups in total. The third kappa shape index (κ3) is 20.6. The molecule has 0 saturated carbocycles. The Morgan fingerprint density at radius 3 is 1.18 bits per heavy atom. The Morgan fingerprint density at radius 2 is 0.800 bits per heavy atom. The number of phenolic OH excluding ortho intramolecular Hbond substituents is 2. The summed E-state index contributed by atoms with van der Waals surface area (Å²) in [6.07, 6.45) is 34.8. The number of phenols is 2. The highest BCUT2D eigenvalue weighted by Crippen LogP contribution is 2.31. The fourth-order valence-corrected chi connectivity index (χ4v) is 6.84. The van der Waals surface area contributed by atoms with E-state index in [0.717, 1.165) is 18.4 Å². The first kappa shape index (κ1) is 45.6. The van der Waals surface area contributed by atoms with Crippen molar-refractivity contribution in [3.63, 3.8) is 0 Å². The van der Waals surface area contributed by atoms with Gasteiger partial charge in [0.05, 0.1) is 24.6 Å². The smallest absolute Gasteiger partial charge is 0.128 e. The largest absolute Gasteiger partial charge is 0.507 e. The van der Waals surface area contributed by atoms with Gasteiger partial charge in [-0.1, -0.05) is 161 Å². The Balaban J connectivity index is 1.37. The number of aromatic hydroxyl groups is 2. The van der Waals surface area contributed by atoms with Crippen molar-refractivity contribution in [2.24, 2.45) is 9.98 Å². The highest BCUT2D eigenvalue weighted by molar-refractivity contribution is 5.89. The van der Waals surface area contributed by atoms with E-state index in [2.05, 4.69) is 23.8 Å². The number of aliphatic imine (C=N–C) groups is 2. The Morgan fingerprint density at radius 1 is 0.436 bits per heavy atom. The van der Waals surface area contributed by atoms with Crippen molar-refractivity contribution in [1.29, 1.82) is 0 Å². The van der Waals surface area contributed by atoms with Crippen LogP contribution in [0.25, 0.3) is 0 Å². The first-order valence-electron chi connectivity index (χ1n) is 22.1. The van der Waals surface area contributed by atoms with Gasteiger partial charge in [0.15, 0.2) is 0 Å². The lowest BCUT2D eigenvalue weighted by atomic mass is 10.1. The lowest BCUT2D eigenvalue weighted by Gasteiger charge is -2.08. The van der Waals surface area contributed by atoms with E-state index < -0.39 is 0 Å². The molecule has 0 bridgehead atoms. The summed E-state index contributed by atoms with van der Waals surface area (Å²) in [7, 11) is 0. The topological polar surface area (TPSA) is 83.6 Å². The number of aryl methyl sites for hydroxylation is 1. The van der Waals surface area contributed by atoms with Crippen LogP contribution in [0.1, 0.15) is 185 Å². The van der Waals surface area contributed by atoms with Gasteiger partial charge in [-0.3, -0.25) is 9.98 Å². The standard InChI is InChI=1S/C49H74N2O4/c1-4-6-8-10-12-14-16-18-20-22-24-26-34-54-44-31-29-42(48(52)37-44)39-50-46-33-28-41(3)36-47(46)51-40-43-30-32-45(38-49(43)53)55-35-27-25-23-21-19-17-15-13-11-9-7-5-2/h28-33,36-40,52-53H,4-27,34-35H2,1-3H3. The zero-order chi connectivity index (χ0) is 39.2. The van der Waals surface area contributed by atoms with Gasteiger partial charge in [-0.15, -0.1) is 0 Å². The van der Waals surface area contributed by atoms with E-state index in [4.69, 9.17) is 9.47 Å². The molecule has 304 valence electrons. The van der Waals surface area contributed by atoms with E-state index in [9.17, 15) is 10.2 Å². The molecule has 0 saturated heterocycles. The zero-order valence-corrected chi connectivity index (χ0v) is 34.8. The van der Waals surface area contributed by atoms with Gasteiger partial charge in [0.2, 0.25) is 0 Å². The highest BCUT2D eigenvalue weighted by Gasteiger charge is 2.06. The van der Waals surface area contributed by atoms with E-state index in [0.29, 0.717) is 47.2 Å². The maximum Gasteiger partial charge on any atom is 0.128 e. The summed E-state index contributed by atoms with van der Waals surface area (Å²) in [5, 5.41) is 21.4. The summed E-state index contributed by atoms with van der Waals surface area (Å²) in [4.78, 5) is 9.34. The Labute approximate surface area is 334 Å². The normalized spacial score (nSPS) is 11.6. The number of ether oxygens (including phenoxy) is 2. The molecule has 0 spiro atoms. The summed E-state index contributed by atoms with van der Waals surface area (Å²) < 4.78 is 11.9. The van der Waals surface area contributed by atoms with Crippen LogP contribution in [0.3, 0.4) is 0 Å². The molecular formula is C49H74N2O4. The predicted molar refractivity (Wildman–Crippen MR) is 235 cm³/mol. The molecule has 3 aromatic carbocycles. The number of unbranched alkanes of at least 4 members (excludes halogenated alkanes) is 22. The molecule has 0 amide bonds. The van der Waals surface area contributed by atoms with Crippen molar-refractivity contribution in [2.75, 3.05) is 13.2 Å². The van der Waals surface area contributed by atoms with Crippen LogP contribution in [0.5, 0.6) is 23.0 Å². The molecule has 55 heavy (non-hydrogen) atoms. The lowest BCUT2D eigenvalue weighted by Crippen LogP contribution is -1.97. The van der Waals surface area contributed by atoms with Gasteiger partial charge in [0.25, 0.3) is 0 Å². The Hall–Kier alpha value is -3.80. The summed E-state index contributed by atoms with van der Waals surface area (Å²) in [5.41, 5.74) is 3.59. The van der Waals surface area contributed by atoms with Crippen LogP contribution >= 0.6 is 0 Å². The number of benzene rings is 3. The highest BCUT2D eigenvalue weighted by atomic mass is 16.5. The van der Waals surface area contributed by atoms with E-state index in [1.807, 2.05) is 49.4 Å². The molecule has 0 atom stereocenters. The van der Waals surface area contributed by atoms with Crippen LogP contribution < -0.4 is 9.47 Å². The zero-order valence-electron chi connectivity index (χ0n) is 34.8. The number of hydrogen-bond acceptors (Lipinski definition) is 6. The van der Waals surface area contributed by atoms with Crippen molar-refractivity contribution in [1.82, 2.24) is 0 Å². The quantitative estimate of drug-likeness (QED) is 0.0491. The number of rotatable bonds is 32. The van der Waals surface area contributed by atoms with Crippen LogP contribution in [-0.4, -0.2) is 35.9 Å². The van der Waals surface area contributed by atoms with Gasteiger partial charge in [-0.2, -0.15) is 0 Å².